The summed E-state index contributed by atoms with van der Waals surface area (Å²) in [4.78, 5) is 69.7. The van der Waals surface area contributed by atoms with Crippen LogP contribution in [0.4, 0.5) is 11.9 Å². The van der Waals surface area contributed by atoms with Crippen LogP contribution in [0.15, 0.2) is 70.3 Å². The molecule has 6 unspecified atom stereocenters. The number of benzene rings is 2. The fourth-order valence-electron chi connectivity index (χ4n) is 7.16. The summed E-state index contributed by atoms with van der Waals surface area (Å²) in [6.07, 6.45) is -13.7. The van der Waals surface area contributed by atoms with Crippen LogP contribution in [0, 0.1) is 0 Å². The molecule has 3 aliphatic heterocycles. The lowest BCUT2D eigenvalue weighted by atomic mass is 10.1. The van der Waals surface area contributed by atoms with Gasteiger partial charge >= 0.3 is 15.6 Å². The first kappa shape index (κ1) is 38.3. The van der Waals surface area contributed by atoms with Crippen molar-refractivity contribution in [1.29, 1.82) is 0 Å². The Hall–Kier alpha value is -5.20. The maximum atomic E-state index is 13.6. The predicted molar refractivity (Wildman–Crippen MR) is 197 cm³/mol. The lowest BCUT2D eigenvalue weighted by molar-refractivity contribution is -0.0659. The van der Waals surface area contributed by atoms with Crippen LogP contribution in [0.3, 0.4) is 0 Å². The average Bonchev–Trinajstić information content (AvgIpc) is 3.91. The number of phosphoric ester groups is 2. The van der Waals surface area contributed by atoms with Gasteiger partial charge in [-0.3, -0.25) is 46.8 Å². The van der Waals surface area contributed by atoms with E-state index >= 15 is 0 Å². The van der Waals surface area contributed by atoms with Gasteiger partial charge in [0.05, 0.1) is 13.2 Å². The monoisotopic (exact) mass is 842 g/mol. The molecular weight excluding hydrogens is 810 g/mol. The van der Waals surface area contributed by atoms with E-state index in [-0.39, 0.29) is 45.9 Å². The fraction of sp³-hybridized carbons (Fsp3) is 0.312. The fourth-order valence-corrected chi connectivity index (χ4v) is 9.09. The number of aromatic amines is 2. The normalized spacial score (nSPS) is 31.8. The van der Waals surface area contributed by atoms with Gasteiger partial charge in [-0.2, -0.15) is 9.97 Å². The van der Waals surface area contributed by atoms with Crippen molar-refractivity contribution in [2.75, 3.05) is 24.7 Å². The summed E-state index contributed by atoms with van der Waals surface area (Å²) in [7, 11) is -10.5. The number of aliphatic hydroxyl groups excluding tert-OH is 2. The molecule has 26 heteroatoms. The molecular formula is C32H32N10O14P2. The molecule has 0 bridgehead atoms. The second-order valence-corrected chi connectivity index (χ2v) is 16.2. The summed E-state index contributed by atoms with van der Waals surface area (Å²) >= 11 is 0. The van der Waals surface area contributed by atoms with Crippen LogP contribution in [0.1, 0.15) is 12.5 Å². The molecule has 7 heterocycles. The number of anilines is 2. The van der Waals surface area contributed by atoms with Crippen molar-refractivity contribution in [2.24, 2.45) is 0 Å². The molecule has 10 N–H and O–H groups in total. The zero-order valence-corrected chi connectivity index (χ0v) is 31.2. The minimum atomic E-state index is -5.23. The maximum absolute atomic E-state index is 13.6. The Balaban J connectivity index is 1.06. The van der Waals surface area contributed by atoms with Gasteiger partial charge in [-0.1, -0.05) is 60.7 Å². The number of aliphatic hydroxyl groups is 2. The highest BCUT2D eigenvalue weighted by Gasteiger charge is 2.54. The molecule has 24 nitrogen and oxygen atoms in total. The Morgan fingerprint density at radius 2 is 1.02 bits per heavy atom. The van der Waals surface area contributed by atoms with E-state index in [0.29, 0.717) is 11.1 Å². The Labute approximate surface area is 323 Å². The molecule has 0 aliphatic carbocycles. The molecule has 6 aromatic rings. The van der Waals surface area contributed by atoms with Gasteiger partial charge in [0.25, 0.3) is 11.1 Å². The number of phosphoric acid groups is 2. The second-order valence-electron chi connectivity index (χ2n) is 13.4. The minimum absolute atomic E-state index is 0.0678. The number of imidazole rings is 2. The molecule has 10 atom stereocenters. The number of H-pyrrole nitrogens is 2. The van der Waals surface area contributed by atoms with Crippen LogP contribution in [-0.4, -0.2) is 109 Å². The van der Waals surface area contributed by atoms with E-state index in [1.165, 1.54) is 9.13 Å². The van der Waals surface area contributed by atoms with Crippen molar-refractivity contribution in [3.63, 3.8) is 0 Å². The highest BCUT2D eigenvalue weighted by molar-refractivity contribution is 7.47. The number of rotatable bonds is 4. The van der Waals surface area contributed by atoms with E-state index in [9.17, 15) is 38.7 Å². The van der Waals surface area contributed by atoms with Gasteiger partial charge in [-0.05, 0) is 0 Å². The lowest BCUT2D eigenvalue weighted by Gasteiger charge is -2.27. The molecule has 4 aromatic heterocycles. The number of hydrogen-bond acceptors (Lipinski definition) is 18. The van der Waals surface area contributed by atoms with Crippen molar-refractivity contribution in [3.8, 4) is 22.8 Å². The van der Waals surface area contributed by atoms with E-state index in [4.69, 9.17) is 39.0 Å². The summed E-state index contributed by atoms with van der Waals surface area (Å²) in [5.41, 5.74) is 10.5. The van der Waals surface area contributed by atoms with Gasteiger partial charge < -0.3 is 40.9 Å². The SMILES string of the molecule is Nc1nc2c(nc(-c3ccccc3)n2[C@@H]2O[C@@H]3COP(=O)(O)OC4C(O)[C@H](n5c(-c6ccccc6)nc6c(=O)[nH]c(N)nc65)O[C@@H]4COP(=O)(O)OC3C2O)c(=O)[nH]1. The lowest BCUT2D eigenvalue weighted by Crippen LogP contribution is -2.39. The second kappa shape index (κ2) is 14.3. The standard InChI is InChI=1S/C32H32N10O14P2/c33-31-37-25-17(27(45)39-31)35-23(13-7-3-1-4-8-13)41(25)29-19(43)21-15(53-29)11-51-58(49,50)56-22-16(12-52-57(47,48)55-21)54-30(20(22)44)42-24(14-9-5-2-6-10-14)36-18-26(42)38-32(34)40-28(18)46/h1-10,15-16,19-22,29-30,43-44H,11-12H2,(H,47,48)(H,49,50)(H3,33,37,39,45)(H3,34,38,40,46)/t15-,16-,19?,20?,21?,22?,29-,30-/m1/s1. The molecule has 9 rings (SSSR count). The Kier molecular flexibility index (Phi) is 9.43. The molecule has 3 fully saturated rings. The third-order valence-corrected chi connectivity index (χ3v) is 11.6. The van der Waals surface area contributed by atoms with Crippen LogP contribution >= 0.6 is 15.6 Å². The zero-order valence-electron chi connectivity index (χ0n) is 29.4. The Morgan fingerprint density at radius 1 is 0.638 bits per heavy atom. The Bertz CT molecular complexity index is 2580. The third-order valence-electron chi connectivity index (χ3n) is 9.64. The van der Waals surface area contributed by atoms with Crippen LogP contribution in [-0.2, 0) is 36.7 Å². The molecule has 0 saturated carbocycles. The van der Waals surface area contributed by atoms with E-state index in [1.807, 2.05) is 0 Å². The Morgan fingerprint density at radius 3 is 1.40 bits per heavy atom. The van der Waals surface area contributed by atoms with Gasteiger partial charge in [-0.15, -0.1) is 0 Å². The zero-order chi connectivity index (χ0) is 40.7. The number of hydrogen-bond donors (Lipinski definition) is 8. The summed E-state index contributed by atoms with van der Waals surface area (Å²) in [6.45, 7) is -1.83. The predicted octanol–water partition coefficient (Wildman–Crippen LogP) is 0.286. The number of ether oxygens (including phenoxy) is 2. The quantitative estimate of drug-likeness (QED) is 0.111. The molecule has 2 aromatic carbocycles. The molecule has 0 amide bonds. The van der Waals surface area contributed by atoms with Crippen molar-refractivity contribution >= 4 is 49.9 Å². The van der Waals surface area contributed by atoms with Crippen LogP contribution in [0.5, 0.6) is 0 Å². The number of nitrogens with two attached hydrogens (primary N) is 2. The molecule has 0 spiro atoms. The summed E-state index contributed by atoms with van der Waals surface area (Å²) < 4.78 is 63.3. The van der Waals surface area contributed by atoms with Gasteiger partial charge in [-0.25, -0.2) is 19.1 Å². The van der Waals surface area contributed by atoms with Crippen LogP contribution in [0.2, 0.25) is 0 Å². The van der Waals surface area contributed by atoms with Gasteiger partial charge in [0.2, 0.25) is 11.9 Å². The number of nitrogens with zero attached hydrogens (tertiary/aromatic N) is 6. The van der Waals surface area contributed by atoms with Crippen LogP contribution in [0.25, 0.3) is 45.1 Å². The molecule has 3 aliphatic rings. The maximum Gasteiger partial charge on any atom is 0.472 e. The topological polar surface area (TPSA) is 350 Å². The number of nitrogens with one attached hydrogen (secondary N) is 2. The van der Waals surface area contributed by atoms with Gasteiger partial charge in [0.15, 0.2) is 34.8 Å². The highest BCUT2D eigenvalue weighted by atomic mass is 31.2. The van der Waals surface area contributed by atoms with Crippen molar-refractivity contribution in [3.05, 3.63) is 81.4 Å². The van der Waals surface area contributed by atoms with E-state index in [1.54, 1.807) is 60.7 Å². The largest absolute Gasteiger partial charge is 0.472 e. The summed E-state index contributed by atoms with van der Waals surface area (Å²) in [5.74, 6) is -0.462. The van der Waals surface area contributed by atoms with E-state index < -0.39 is 89.1 Å². The van der Waals surface area contributed by atoms with Crippen molar-refractivity contribution < 1.29 is 56.7 Å². The third kappa shape index (κ3) is 6.73. The van der Waals surface area contributed by atoms with Crippen molar-refractivity contribution in [2.45, 2.75) is 49.1 Å². The van der Waals surface area contributed by atoms with E-state index in [0.717, 1.165) is 0 Å². The first-order valence-corrected chi connectivity index (χ1v) is 20.3. The average molecular weight is 843 g/mol. The smallest absolute Gasteiger partial charge is 0.386 e. The number of fused-ring (bicyclic) bond motifs is 4. The molecule has 58 heavy (non-hydrogen) atoms. The number of nitrogen functional groups attached to an aromatic ring is 2. The first-order valence-electron chi connectivity index (χ1n) is 17.3. The van der Waals surface area contributed by atoms with Gasteiger partial charge in [0, 0.05) is 11.1 Å². The van der Waals surface area contributed by atoms with E-state index in [2.05, 4.69) is 29.9 Å². The molecule has 3 saturated heterocycles. The van der Waals surface area contributed by atoms with Crippen LogP contribution < -0.4 is 22.6 Å². The van der Waals surface area contributed by atoms with Crippen molar-refractivity contribution in [1.82, 2.24) is 39.0 Å². The minimum Gasteiger partial charge on any atom is -0.386 e. The summed E-state index contributed by atoms with van der Waals surface area (Å²) in [5, 5.41) is 23.4. The first-order chi connectivity index (χ1) is 27.7. The summed E-state index contributed by atoms with van der Waals surface area (Å²) in [6, 6.07) is 16.8. The highest BCUT2D eigenvalue weighted by Crippen LogP contribution is 2.54. The van der Waals surface area contributed by atoms with Gasteiger partial charge in [0.1, 0.15) is 48.3 Å². The number of aromatic nitrogens is 8. The molecule has 0 radical (unpaired) electrons. The molecule has 304 valence electrons.